The number of ketones is 1. The standard InChI is InChI=1S/C12H11ClO5/c13-8-4-7(5-9(14)12(15)16)6-10-11(8)18-3-1-2-17-10/h4,6H,1-3,5H2,(H,15,16). The fourth-order valence-electron chi connectivity index (χ4n) is 1.65. The maximum atomic E-state index is 11.1. The molecule has 0 radical (unpaired) electrons. The molecule has 1 N–H and O–H groups in total. The number of carbonyl (C=O) groups excluding carboxylic acids is 1. The molecule has 1 aliphatic heterocycles. The number of halogens is 1. The van der Waals surface area contributed by atoms with Gasteiger partial charge in [-0.25, -0.2) is 4.79 Å². The molecule has 96 valence electrons. The Balaban J connectivity index is 2.29. The summed E-state index contributed by atoms with van der Waals surface area (Å²) in [7, 11) is 0. The molecule has 0 unspecified atom stereocenters. The van der Waals surface area contributed by atoms with E-state index in [-0.39, 0.29) is 6.42 Å². The van der Waals surface area contributed by atoms with E-state index in [1.165, 1.54) is 6.07 Å². The molecule has 0 amide bonds. The molecule has 0 saturated heterocycles. The van der Waals surface area contributed by atoms with E-state index in [0.717, 1.165) is 6.42 Å². The van der Waals surface area contributed by atoms with Gasteiger partial charge in [-0.1, -0.05) is 11.6 Å². The van der Waals surface area contributed by atoms with Gasteiger partial charge in [-0.15, -0.1) is 0 Å². The quantitative estimate of drug-likeness (QED) is 0.846. The number of carbonyl (C=O) groups is 2. The summed E-state index contributed by atoms with van der Waals surface area (Å²) in [6, 6.07) is 3.11. The molecule has 0 fully saturated rings. The van der Waals surface area contributed by atoms with Crippen LogP contribution < -0.4 is 9.47 Å². The molecule has 1 heterocycles. The predicted octanol–water partition coefficient (Wildman–Crippen LogP) is 1.70. The van der Waals surface area contributed by atoms with Gasteiger partial charge in [0, 0.05) is 12.8 Å². The van der Waals surface area contributed by atoms with Crippen molar-refractivity contribution in [2.24, 2.45) is 0 Å². The average Bonchev–Trinajstić information content (AvgIpc) is 2.54. The summed E-state index contributed by atoms with van der Waals surface area (Å²) in [4.78, 5) is 21.6. The van der Waals surface area contributed by atoms with E-state index in [9.17, 15) is 9.59 Å². The van der Waals surface area contributed by atoms with Gasteiger partial charge < -0.3 is 14.6 Å². The minimum absolute atomic E-state index is 0.217. The Morgan fingerprint density at radius 3 is 2.72 bits per heavy atom. The van der Waals surface area contributed by atoms with Crippen molar-refractivity contribution in [1.29, 1.82) is 0 Å². The lowest BCUT2D eigenvalue weighted by molar-refractivity contribution is -0.148. The molecule has 1 aromatic rings. The smallest absolute Gasteiger partial charge is 0.372 e. The van der Waals surface area contributed by atoms with Crippen LogP contribution >= 0.6 is 11.6 Å². The minimum atomic E-state index is -1.46. The zero-order valence-corrected chi connectivity index (χ0v) is 10.2. The Bertz CT molecular complexity index is 497. The highest BCUT2D eigenvalue weighted by Crippen LogP contribution is 2.38. The van der Waals surface area contributed by atoms with Crippen molar-refractivity contribution < 1.29 is 24.2 Å². The number of carboxylic acid groups (broad SMARTS) is 1. The lowest BCUT2D eigenvalue weighted by Gasteiger charge is -2.10. The molecule has 2 rings (SSSR count). The number of hydrogen-bond acceptors (Lipinski definition) is 4. The number of benzene rings is 1. The van der Waals surface area contributed by atoms with Gasteiger partial charge in [-0.05, 0) is 17.7 Å². The van der Waals surface area contributed by atoms with Crippen molar-refractivity contribution in [3.05, 3.63) is 22.7 Å². The predicted molar refractivity (Wildman–Crippen MR) is 63.4 cm³/mol. The third-order valence-electron chi connectivity index (χ3n) is 2.47. The molecular formula is C12H11ClO5. The second-order valence-electron chi connectivity index (χ2n) is 3.86. The van der Waals surface area contributed by atoms with E-state index in [4.69, 9.17) is 26.2 Å². The molecule has 1 aromatic carbocycles. The Hall–Kier alpha value is -1.75. The summed E-state index contributed by atoms with van der Waals surface area (Å²) in [6.07, 6.45) is 0.528. The first-order valence-corrected chi connectivity index (χ1v) is 5.80. The van der Waals surface area contributed by atoms with Crippen molar-refractivity contribution in [1.82, 2.24) is 0 Å². The monoisotopic (exact) mass is 270 g/mol. The Kier molecular flexibility index (Phi) is 3.72. The first kappa shape index (κ1) is 12.7. The van der Waals surface area contributed by atoms with Gasteiger partial charge in [-0.2, -0.15) is 0 Å². The summed E-state index contributed by atoms with van der Waals surface area (Å²) in [5, 5.41) is 8.88. The largest absolute Gasteiger partial charge is 0.489 e. The summed E-state index contributed by atoms with van der Waals surface area (Å²) in [6.45, 7) is 1.01. The Morgan fingerprint density at radius 2 is 2.00 bits per heavy atom. The lowest BCUT2D eigenvalue weighted by Crippen LogP contribution is -2.15. The van der Waals surface area contributed by atoms with Crippen LogP contribution in [0.1, 0.15) is 12.0 Å². The molecule has 0 atom stereocenters. The zero-order chi connectivity index (χ0) is 13.1. The molecular weight excluding hydrogens is 260 g/mol. The van der Waals surface area contributed by atoms with Crippen LogP contribution in [0.5, 0.6) is 11.5 Å². The van der Waals surface area contributed by atoms with Gasteiger partial charge in [0.2, 0.25) is 5.78 Å². The van der Waals surface area contributed by atoms with Gasteiger partial charge in [0.25, 0.3) is 0 Å². The van der Waals surface area contributed by atoms with Crippen molar-refractivity contribution in [2.45, 2.75) is 12.8 Å². The van der Waals surface area contributed by atoms with Crippen LogP contribution in [0.3, 0.4) is 0 Å². The van der Waals surface area contributed by atoms with Crippen molar-refractivity contribution in [3.63, 3.8) is 0 Å². The third kappa shape index (κ3) is 2.73. The van der Waals surface area contributed by atoms with Crippen LogP contribution in [0.15, 0.2) is 12.1 Å². The number of carboxylic acids is 1. The van der Waals surface area contributed by atoms with Gasteiger partial charge in [0.15, 0.2) is 11.5 Å². The van der Waals surface area contributed by atoms with Crippen LogP contribution in [-0.4, -0.2) is 30.1 Å². The van der Waals surface area contributed by atoms with Gasteiger partial charge in [-0.3, -0.25) is 4.79 Å². The second kappa shape index (κ2) is 5.27. The molecule has 1 aliphatic rings. The fourth-order valence-corrected chi connectivity index (χ4v) is 1.94. The molecule has 6 heteroatoms. The number of rotatable bonds is 3. The van der Waals surface area contributed by atoms with E-state index in [1.807, 2.05) is 0 Å². The summed E-state index contributed by atoms with van der Waals surface area (Å²) in [5.41, 5.74) is 0.497. The maximum absolute atomic E-state index is 11.1. The van der Waals surface area contributed by atoms with Crippen LogP contribution in [-0.2, 0) is 16.0 Å². The van der Waals surface area contributed by atoms with Crippen molar-refractivity contribution >= 4 is 23.4 Å². The highest BCUT2D eigenvalue weighted by Gasteiger charge is 2.18. The molecule has 0 saturated carbocycles. The average molecular weight is 271 g/mol. The first-order chi connectivity index (χ1) is 8.58. The number of Topliss-reactive ketones (excluding diaryl/α,β-unsaturated/α-hetero) is 1. The molecule has 0 spiro atoms. The molecule has 5 nitrogen and oxygen atoms in total. The second-order valence-corrected chi connectivity index (χ2v) is 4.27. The third-order valence-corrected chi connectivity index (χ3v) is 2.75. The number of ether oxygens (including phenoxy) is 2. The summed E-state index contributed by atoms with van der Waals surface area (Å²) >= 11 is 6.02. The lowest BCUT2D eigenvalue weighted by atomic mass is 10.1. The van der Waals surface area contributed by atoms with Crippen LogP contribution in [0.25, 0.3) is 0 Å². The van der Waals surface area contributed by atoms with Crippen molar-refractivity contribution in [2.75, 3.05) is 13.2 Å². The molecule has 0 aliphatic carbocycles. The van der Waals surface area contributed by atoms with E-state index < -0.39 is 11.8 Å². The SMILES string of the molecule is O=C(O)C(=O)Cc1cc(Cl)c2c(c1)OCCCO2. The Labute approximate surface area is 108 Å². The Morgan fingerprint density at radius 1 is 1.28 bits per heavy atom. The van der Waals surface area contributed by atoms with E-state index in [0.29, 0.717) is 35.3 Å². The topological polar surface area (TPSA) is 72.8 Å². The van der Waals surface area contributed by atoms with Gasteiger partial charge in [0.05, 0.1) is 18.2 Å². The minimum Gasteiger partial charge on any atom is -0.489 e. The zero-order valence-electron chi connectivity index (χ0n) is 9.44. The number of hydrogen-bond donors (Lipinski definition) is 1. The molecule has 0 aromatic heterocycles. The van der Waals surface area contributed by atoms with Crippen LogP contribution in [0.4, 0.5) is 0 Å². The van der Waals surface area contributed by atoms with E-state index in [1.54, 1.807) is 6.07 Å². The summed E-state index contributed by atoms with van der Waals surface area (Å²) < 4.78 is 10.9. The first-order valence-electron chi connectivity index (χ1n) is 5.42. The molecule has 0 bridgehead atoms. The van der Waals surface area contributed by atoms with Gasteiger partial charge in [0.1, 0.15) is 0 Å². The maximum Gasteiger partial charge on any atom is 0.372 e. The van der Waals surface area contributed by atoms with Gasteiger partial charge >= 0.3 is 5.97 Å². The molecule has 18 heavy (non-hydrogen) atoms. The van der Waals surface area contributed by atoms with Crippen molar-refractivity contribution in [3.8, 4) is 11.5 Å². The van der Waals surface area contributed by atoms with Crippen LogP contribution in [0.2, 0.25) is 5.02 Å². The highest BCUT2D eigenvalue weighted by molar-refractivity contribution is 6.34. The summed E-state index contributed by atoms with van der Waals surface area (Å²) in [5.74, 6) is -1.45. The fraction of sp³-hybridized carbons (Fsp3) is 0.333. The van der Waals surface area contributed by atoms with E-state index >= 15 is 0 Å². The number of aliphatic carboxylic acids is 1. The van der Waals surface area contributed by atoms with Crippen LogP contribution in [0, 0.1) is 0 Å². The van der Waals surface area contributed by atoms with E-state index in [2.05, 4.69) is 0 Å². The highest BCUT2D eigenvalue weighted by atomic mass is 35.5. The normalized spacial score (nSPS) is 13.8. The number of fused-ring (bicyclic) bond motifs is 1.